The van der Waals surface area contributed by atoms with Crippen molar-refractivity contribution < 1.29 is 9.53 Å². The second-order valence-electron chi connectivity index (χ2n) is 4.34. The Balaban J connectivity index is 2.22. The lowest BCUT2D eigenvalue weighted by molar-refractivity contribution is -0.0372. The Morgan fingerprint density at radius 2 is 2.44 bits per heavy atom. The first-order valence-corrected chi connectivity index (χ1v) is 6.32. The van der Waals surface area contributed by atoms with Crippen LogP contribution in [0.15, 0.2) is 23.3 Å². The van der Waals surface area contributed by atoms with Gasteiger partial charge in [-0.25, -0.2) is 0 Å². The Kier molecular flexibility index (Phi) is 4.04. The lowest BCUT2D eigenvalue weighted by Crippen LogP contribution is -2.52. The summed E-state index contributed by atoms with van der Waals surface area (Å²) in [7, 11) is 0. The standard InChI is InChI=1S/C12H15ClN2O3/c1-8-7-18-9(4-13)6-15(8)12(17)10-5-14-3-2-11(10)16/h2-3,5,8-9H,4,6-7H2,1H3,(H,14,16). The number of morpholine rings is 1. The number of carbonyl (C=O) groups excluding carboxylic acids is 1. The number of carbonyl (C=O) groups is 1. The van der Waals surface area contributed by atoms with E-state index in [0.29, 0.717) is 19.0 Å². The minimum Gasteiger partial charge on any atom is -0.373 e. The third-order valence-corrected chi connectivity index (χ3v) is 3.34. The SMILES string of the molecule is CC1COC(CCl)CN1C(=O)c1c[nH]ccc1=O. The number of hydrogen-bond acceptors (Lipinski definition) is 3. The molecule has 1 amide bonds. The largest absolute Gasteiger partial charge is 0.373 e. The maximum atomic E-state index is 12.3. The Hall–Kier alpha value is -1.33. The molecule has 6 heteroatoms. The summed E-state index contributed by atoms with van der Waals surface area (Å²) in [5.74, 6) is 0.0598. The van der Waals surface area contributed by atoms with E-state index in [1.807, 2.05) is 6.92 Å². The number of hydrogen-bond donors (Lipinski definition) is 1. The van der Waals surface area contributed by atoms with Gasteiger partial charge in [0.1, 0.15) is 5.56 Å². The number of ether oxygens (including phenoxy) is 1. The van der Waals surface area contributed by atoms with Crippen molar-refractivity contribution in [3.63, 3.8) is 0 Å². The van der Waals surface area contributed by atoms with E-state index in [9.17, 15) is 9.59 Å². The molecule has 1 aliphatic heterocycles. The van der Waals surface area contributed by atoms with Crippen molar-refractivity contribution in [3.05, 3.63) is 34.2 Å². The number of pyridine rings is 1. The highest BCUT2D eigenvalue weighted by molar-refractivity contribution is 6.18. The quantitative estimate of drug-likeness (QED) is 0.810. The average Bonchev–Trinajstić information content (AvgIpc) is 2.39. The summed E-state index contributed by atoms with van der Waals surface area (Å²) in [5, 5.41) is 0. The normalized spacial score (nSPS) is 24.0. The number of H-pyrrole nitrogens is 1. The molecule has 1 N–H and O–H groups in total. The first kappa shape index (κ1) is 13.1. The van der Waals surface area contributed by atoms with Crippen LogP contribution in [-0.2, 0) is 4.74 Å². The Morgan fingerprint density at radius 1 is 1.67 bits per heavy atom. The maximum absolute atomic E-state index is 12.3. The van der Waals surface area contributed by atoms with Gasteiger partial charge in [-0.3, -0.25) is 9.59 Å². The zero-order valence-corrected chi connectivity index (χ0v) is 10.8. The molecular weight excluding hydrogens is 256 g/mol. The predicted molar refractivity (Wildman–Crippen MR) is 68.0 cm³/mol. The maximum Gasteiger partial charge on any atom is 0.259 e. The van der Waals surface area contributed by atoms with Crippen LogP contribution >= 0.6 is 11.6 Å². The Labute approximate surface area is 110 Å². The van der Waals surface area contributed by atoms with Crippen molar-refractivity contribution in [2.75, 3.05) is 19.0 Å². The molecule has 5 nitrogen and oxygen atoms in total. The van der Waals surface area contributed by atoms with Crippen LogP contribution in [0.1, 0.15) is 17.3 Å². The molecule has 2 rings (SSSR count). The number of nitrogens with zero attached hydrogens (tertiary/aromatic N) is 1. The van der Waals surface area contributed by atoms with E-state index < -0.39 is 0 Å². The molecule has 1 aromatic heterocycles. The van der Waals surface area contributed by atoms with Crippen LogP contribution in [0, 0.1) is 0 Å². The summed E-state index contributed by atoms with van der Waals surface area (Å²) in [6.07, 6.45) is 2.76. The molecule has 18 heavy (non-hydrogen) atoms. The molecule has 1 aromatic rings. The molecular formula is C12H15ClN2O3. The van der Waals surface area contributed by atoms with Gasteiger partial charge in [-0.05, 0) is 6.92 Å². The number of nitrogens with one attached hydrogen (secondary N) is 1. The van der Waals surface area contributed by atoms with E-state index in [-0.39, 0.29) is 29.0 Å². The van der Waals surface area contributed by atoms with E-state index in [1.165, 1.54) is 18.5 Å². The molecule has 2 atom stereocenters. The van der Waals surface area contributed by atoms with Crippen molar-refractivity contribution in [2.45, 2.75) is 19.1 Å². The van der Waals surface area contributed by atoms with E-state index in [0.717, 1.165) is 0 Å². The third kappa shape index (κ3) is 2.57. The number of rotatable bonds is 2. The highest BCUT2D eigenvalue weighted by atomic mass is 35.5. The Bertz CT molecular complexity index is 488. The lowest BCUT2D eigenvalue weighted by Gasteiger charge is -2.37. The van der Waals surface area contributed by atoms with Gasteiger partial charge in [-0.15, -0.1) is 11.6 Å². The molecule has 0 aliphatic carbocycles. The van der Waals surface area contributed by atoms with Crippen molar-refractivity contribution in [1.82, 2.24) is 9.88 Å². The van der Waals surface area contributed by atoms with Crippen molar-refractivity contribution >= 4 is 17.5 Å². The number of aromatic nitrogens is 1. The Morgan fingerprint density at radius 3 is 3.11 bits per heavy atom. The molecule has 1 saturated heterocycles. The molecule has 0 spiro atoms. The second kappa shape index (κ2) is 5.54. The lowest BCUT2D eigenvalue weighted by atomic mass is 10.1. The number of amides is 1. The van der Waals surface area contributed by atoms with Gasteiger partial charge in [-0.2, -0.15) is 0 Å². The van der Waals surface area contributed by atoms with Gasteiger partial charge in [0.15, 0.2) is 5.43 Å². The molecule has 0 radical (unpaired) electrons. The van der Waals surface area contributed by atoms with Gasteiger partial charge >= 0.3 is 0 Å². The molecule has 2 heterocycles. The number of aromatic amines is 1. The van der Waals surface area contributed by atoms with Crippen LogP contribution in [-0.4, -0.2) is 47.0 Å². The first-order chi connectivity index (χ1) is 8.63. The van der Waals surface area contributed by atoms with Gasteiger partial charge < -0.3 is 14.6 Å². The predicted octanol–water partition coefficient (Wildman–Crippen LogP) is 0.843. The minimum absolute atomic E-state index is 0.0587. The average molecular weight is 271 g/mol. The van der Waals surface area contributed by atoms with E-state index in [2.05, 4.69) is 4.98 Å². The van der Waals surface area contributed by atoms with Gasteiger partial charge in [0.05, 0.1) is 24.6 Å². The molecule has 0 bridgehead atoms. The summed E-state index contributed by atoms with van der Waals surface area (Å²) in [6.45, 7) is 2.74. The van der Waals surface area contributed by atoms with Crippen LogP contribution in [0.3, 0.4) is 0 Å². The fourth-order valence-corrected chi connectivity index (χ4v) is 2.12. The summed E-state index contributed by atoms with van der Waals surface area (Å²) in [6, 6.07) is 1.29. The van der Waals surface area contributed by atoms with Crippen molar-refractivity contribution in [1.29, 1.82) is 0 Å². The van der Waals surface area contributed by atoms with Crippen molar-refractivity contribution in [2.24, 2.45) is 0 Å². The van der Waals surface area contributed by atoms with Gasteiger partial charge in [0, 0.05) is 25.0 Å². The zero-order valence-electron chi connectivity index (χ0n) is 10.1. The number of alkyl halides is 1. The molecule has 98 valence electrons. The highest BCUT2D eigenvalue weighted by Crippen LogP contribution is 2.14. The van der Waals surface area contributed by atoms with Gasteiger partial charge in [0.2, 0.25) is 0 Å². The zero-order chi connectivity index (χ0) is 13.1. The summed E-state index contributed by atoms with van der Waals surface area (Å²) in [5.41, 5.74) is -0.126. The molecule has 1 aliphatic rings. The van der Waals surface area contributed by atoms with Crippen LogP contribution in [0.4, 0.5) is 0 Å². The van der Waals surface area contributed by atoms with Crippen LogP contribution in [0.5, 0.6) is 0 Å². The van der Waals surface area contributed by atoms with Crippen LogP contribution in [0.25, 0.3) is 0 Å². The van der Waals surface area contributed by atoms with Gasteiger partial charge in [0.25, 0.3) is 5.91 Å². The van der Waals surface area contributed by atoms with E-state index in [4.69, 9.17) is 16.3 Å². The monoisotopic (exact) mass is 270 g/mol. The fourth-order valence-electron chi connectivity index (χ4n) is 1.93. The summed E-state index contributed by atoms with van der Waals surface area (Å²) < 4.78 is 5.47. The topological polar surface area (TPSA) is 62.4 Å². The second-order valence-corrected chi connectivity index (χ2v) is 4.65. The molecule has 2 unspecified atom stereocenters. The van der Waals surface area contributed by atoms with Crippen molar-refractivity contribution in [3.8, 4) is 0 Å². The van der Waals surface area contributed by atoms with Crippen LogP contribution in [0.2, 0.25) is 0 Å². The van der Waals surface area contributed by atoms with E-state index in [1.54, 1.807) is 4.90 Å². The van der Waals surface area contributed by atoms with Gasteiger partial charge in [-0.1, -0.05) is 0 Å². The minimum atomic E-state index is -0.278. The summed E-state index contributed by atoms with van der Waals surface area (Å²) >= 11 is 5.74. The van der Waals surface area contributed by atoms with Crippen LogP contribution < -0.4 is 5.43 Å². The molecule has 1 fully saturated rings. The summed E-state index contributed by atoms with van der Waals surface area (Å²) in [4.78, 5) is 28.3. The highest BCUT2D eigenvalue weighted by Gasteiger charge is 2.30. The third-order valence-electron chi connectivity index (χ3n) is 2.99. The number of halogens is 1. The fraction of sp³-hybridized carbons (Fsp3) is 0.500. The smallest absolute Gasteiger partial charge is 0.259 e. The van der Waals surface area contributed by atoms with E-state index >= 15 is 0 Å². The molecule has 0 aromatic carbocycles. The molecule has 0 saturated carbocycles. The first-order valence-electron chi connectivity index (χ1n) is 5.79.